The van der Waals surface area contributed by atoms with E-state index in [1.807, 2.05) is 6.92 Å². The maximum Gasteiger partial charge on any atom is 0.323 e. The number of ether oxygens (including phenoxy) is 2. The third-order valence-corrected chi connectivity index (χ3v) is 2.10. The maximum absolute atomic E-state index is 11.5. The van der Waals surface area contributed by atoms with Gasteiger partial charge in [-0.3, -0.25) is 4.79 Å². The smallest absolute Gasteiger partial charge is 0.323 e. The van der Waals surface area contributed by atoms with Gasteiger partial charge in [-0.2, -0.15) is 15.0 Å². The third kappa shape index (κ3) is 6.14. The summed E-state index contributed by atoms with van der Waals surface area (Å²) in [5.41, 5.74) is 5.54. The van der Waals surface area contributed by atoms with Crippen LogP contribution in [0, 0.1) is 0 Å². The number of methoxy groups -OCH3 is 1. The molecule has 1 aromatic rings. The van der Waals surface area contributed by atoms with E-state index >= 15 is 0 Å². The van der Waals surface area contributed by atoms with Gasteiger partial charge in [0.2, 0.25) is 17.8 Å². The minimum atomic E-state index is -0.197. The van der Waals surface area contributed by atoms with E-state index in [0.29, 0.717) is 19.8 Å². The van der Waals surface area contributed by atoms with Crippen molar-refractivity contribution in [1.82, 2.24) is 20.3 Å². The summed E-state index contributed by atoms with van der Waals surface area (Å²) in [6.45, 7) is 3.38. The Labute approximate surface area is 117 Å². The standard InChI is InChI=1S/C11H20N6O3/c1-3-5-20-11-16-9(12)15-10(17-11)14-7-8(18)13-4-6-19-2/h3-7H2,1-2H3,(H,13,18)(H3,12,14,15,16,17). The molecule has 0 spiro atoms. The fourth-order valence-corrected chi connectivity index (χ4v) is 1.22. The van der Waals surface area contributed by atoms with Crippen molar-refractivity contribution in [3.05, 3.63) is 0 Å². The number of nitrogens with one attached hydrogen (secondary N) is 2. The van der Waals surface area contributed by atoms with E-state index in [-0.39, 0.29) is 30.4 Å². The molecule has 0 saturated heterocycles. The van der Waals surface area contributed by atoms with E-state index < -0.39 is 0 Å². The highest BCUT2D eigenvalue weighted by Gasteiger charge is 2.07. The number of carbonyl (C=O) groups is 1. The first-order valence-electron chi connectivity index (χ1n) is 6.29. The van der Waals surface area contributed by atoms with Crippen molar-refractivity contribution in [3.63, 3.8) is 0 Å². The second kappa shape index (κ2) is 8.86. The number of hydrogen-bond acceptors (Lipinski definition) is 8. The molecule has 1 amide bonds. The number of nitrogens with zero attached hydrogens (tertiary/aromatic N) is 3. The molecule has 0 unspecified atom stereocenters. The Morgan fingerprint density at radius 3 is 2.80 bits per heavy atom. The predicted octanol–water partition coefficient (Wildman–Crippen LogP) is -0.583. The zero-order chi connectivity index (χ0) is 14.8. The lowest BCUT2D eigenvalue weighted by molar-refractivity contribution is -0.119. The molecule has 4 N–H and O–H groups in total. The Morgan fingerprint density at radius 2 is 2.10 bits per heavy atom. The van der Waals surface area contributed by atoms with Gasteiger partial charge in [-0.25, -0.2) is 0 Å². The molecule has 0 saturated carbocycles. The van der Waals surface area contributed by atoms with Crippen molar-refractivity contribution >= 4 is 17.8 Å². The van der Waals surface area contributed by atoms with Crippen LogP contribution in [0.15, 0.2) is 0 Å². The number of amides is 1. The molecule has 9 nitrogen and oxygen atoms in total. The van der Waals surface area contributed by atoms with Gasteiger partial charge < -0.3 is 25.8 Å². The molecule has 9 heteroatoms. The predicted molar refractivity (Wildman–Crippen MR) is 73.4 cm³/mol. The third-order valence-electron chi connectivity index (χ3n) is 2.10. The summed E-state index contributed by atoms with van der Waals surface area (Å²) in [7, 11) is 1.57. The summed E-state index contributed by atoms with van der Waals surface area (Å²) in [6, 6.07) is 0.140. The molecule has 0 fully saturated rings. The molecular formula is C11H20N6O3. The Hall–Kier alpha value is -2.16. The number of carbonyl (C=O) groups excluding carboxylic acids is 1. The zero-order valence-corrected chi connectivity index (χ0v) is 11.7. The second-order valence-electron chi connectivity index (χ2n) is 3.84. The highest BCUT2D eigenvalue weighted by atomic mass is 16.5. The summed E-state index contributed by atoms with van der Waals surface area (Å²) in [5, 5.41) is 5.41. The molecule has 1 aromatic heterocycles. The number of nitrogens with two attached hydrogens (primary N) is 1. The van der Waals surface area contributed by atoms with Gasteiger partial charge in [-0.05, 0) is 6.42 Å². The van der Waals surface area contributed by atoms with Gasteiger partial charge in [-0.15, -0.1) is 0 Å². The first-order chi connectivity index (χ1) is 9.65. The van der Waals surface area contributed by atoms with Crippen molar-refractivity contribution < 1.29 is 14.3 Å². The molecule has 0 radical (unpaired) electrons. The van der Waals surface area contributed by atoms with E-state index in [4.69, 9.17) is 15.2 Å². The molecule has 1 heterocycles. The van der Waals surface area contributed by atoms with Crippen LogP contribution in [0.2, 0.25) is 0 Å². The second-order valence-corrected chi connectivity index (χ2v) is 3.84. The lowest BCUT2D eigenvalue weighted by Crippen LogP contribution is -2.32. The summed E-state index contributed by atoms with van der Waals surface area (Å²) in [4.78, 5) is 23.2. The van der Waals surface area contributed by atoms with Crippen LogP contribution in [0.25, 0.3) is 0 Å². The van der Waals surface area contributed by atoms with Gasteiger partial charge in [0.1, 0.15) is 0 Å². The van der Waals surface area contributed by atoms with Crippen LogP contribution in [-0.4, -0.2) is 54.3 Å². The molecular weight excluding hydrogens is 264 g/mol. The summed E-state index contributed by atoms with van der Waals surface area (Å²) < 4.78 is 10.1. The van der Waals surface area contributed by atoms with Gasteiger partial charge in [0.15, 0.2) is 0 Å². The van der Waals surface area contributed by atoms with Gasteiger partial charge in [0.05, 0.1) is 19.8 Å². The lowest BCUT2D eigenvalue weighted by atomic mass is 10.5. The van der Waals surface area contributed by atoms with Crippen molar-refractivity contribution in [2.75, 3.05) is 44.5 Å². The normalized spacial score (nSPS) is 10.1. The average Bonchev–Trinajstić information content (AvgIpc) is 2.43. The minimum absolute atomic E-state index is 0.0282. The van der Waals surface area contributed by atoms with Crippen LogP contribution in [0.4, 0.5) is 11.9 Å². The Kier molecular flexibility index (Phi) is 7.04. The van der Waals surface area contributed by atoms with Gasteiger partial charge >= 0.3 is 6.01 Å². The number of rotatable bonds is 9. The van der Waals surface area contributed by atoms with Crippen LogP contribution in [0.1, 0.15) is 13.3 Å². The molecule has 20 heavy (non-hydrogen) atoms. The van der Waals surface area contributed by atoms with Crippen molar-refractivity contribution in [2.24, 2.45) is 0 Å². The van der Waals surface area contributed by atoms with E-state index in [1.54, 1.807) is 7.11 Å². The molecule has 1 rings (SSSR count). The van der Waals surface area contributed by atoms with Crippen LogP contribution in [0.5, 0.6) is 6.01 Å². The first-order valence-corrected chi connectivity index (χ1v) is 6.29. The molecule has 0 bridgehead atoms. The van der Waals surface area contributed by atoms with E-state index in [1.165, 1.54) is 0 Å². The van der Waals surface area contributed by atoms with Crippen molar-refractivity contribution in [1.29, 1.82) is 0 Å². The number of nitrogen functional groups attached to an aromatic ring is 1. The van der Waals surface area contributed by atoms with Crippen LogP contribution < -0.4 is 21.1 Å². The Balaban J connectivity index is 2.46. The van der Waals surface area contributed by atoms with Crippen LogP contribution >= 0.6 is 0 Å². The number of aromatic nitrogens is 3. The minimum Gasteiger partial charge on any atom is -0.463 e. The topological polar surface area (TPSA) is 124 Å². The number of anilines is 2. The number of hydrogen-bond donors (Lipinski definition) is 3. The molecule has 0 aliphatic heterocycles. The van der Waals surface area contributed by atoms with Gasteiger partial charge in [0, 0.05) is 13.7 Å². The lowest BCUT2D eigenvalue weighted by Gasteiger charge is -2.08. The molecule has 112 valence electrons. The van der Waals surface area contributed by atoms with Gasteiger partial charge in [0.25, 0.3) is 0 Å². The monoisotopic (exact) mass is 284 g/mol. The molecule has 0 aliphatic carbocycles. The van der Waals surface area contributed by atoms with Crippen LogP contribution in [0.3, 0.4) is 0 Å². The summed E-state index contributed by atoms with van der Waals surface area (Å²) >= 11 is 0. The zero-order valence-electron chi connectivity index (χ0n) is 11.7. The first kappa shape index (κ1) is 15.9. The largest absolute Gasteiger partial charge is 0.463 e. The van der Waals surface area contributed by atoms with E-state index in [9.17, 15) is 4.79 Å². The van der Waals surface area contributed by atoms with Crippen molar-refractivity contribution in [2.45, 2.75) is 13.3 Å². The Morgan fingerprint density at radius 1 is 1.30 bits per heavy atom. The Bertz CT molecular complexity index is 429. The molecule has 0 aromatic carbocycles. The molecule has 0 atom stereocenters. The quantitative estimate of drug-likeness (QED) is 0.514. The van der Waals surface area contributed by atoms with Crippen LogP contribution in [-0.2, 0) is 9.53 Å². The fourth-order valence-electron chi connectivity index (χ4n) is 1.22. The average molecular weight is 284 g/mol. The maximum atomic E-state index is 11.5. The van der Waals surface area contributed by atoms with E-state index in [0.717, 1.165) is 6.42 Å². The SMILES string of the molecule is CCCOc1nc(N)nc(NCC(=O)NCCOC)n1. The highest BCUT2D eigenvalue weighted by molar-refractivity contribution is 5.80. The summed E-state index contributed by atoms with van der Waals surface area (Å²) in [5.74, 6) is 0.0379. The van der Waals surface area contributed by atoms with E-state index in [2.05, 4.69) is 25.6 Å². The fraction of sp³-hybridized carbons (Fsp3) is 0.636. The molecule has 0 aliphatic rings. The van der Waals surface area contributed by atoms with Gasteiger partial charge in [-0.1, -0.05) is 6.92 Å². The highest BCUT2D eigenvalue weighted by Crippen LogP contribution is 2.08. The summed E-state index contributed by atoms with van der Waals surface area (Å²) in [6.07, 6.45) is 0.830. The van der Waals surface area contributed by atoms with Crippen molar-refractivity contribution in [3.8, 4) is 6.01 Å².